The number of carbonyl (C=O) groups is 1. The predicted molar refractivity (Wildman–Crippen MR) is 104 cm³/mol. The molecule has 1 aromatic carbocycles. The second-order valence-electron chi connectivity index (χ2n) is 6.66. The number of ether oxygens (including phenoxy) is 1. The summed E-state index contributed by atoms with van der Waals surface area (Å²) in [5.41, 5.74) is 5.82. The number of benzene rings is 1. The Balaban J connectivity index is 1.75. The Labute approximate surface area is 158 Å². The van der Waals surface area contributed by atoms with Gasteiger partial charge >= 0.3 is 5.97 Å². The zero-order valence-electron chi connectivity index (χ0n) is 15.2. The second kappa shape index (κ2) is 8.28. The van der Waals surface area contributed by atoms with E-state index in [1.807, 2.05) is 11.1 Å². The Bertz CT molecular complexity index is 829. The van der Waals surface area contributed by atoms with Crippen molar-refractivity contribution in [2.24, 2.45) is 5.18 Å². The summed E-state index contributed by atoms with van der Waals surface area (Å²) >= 11 is 0. The maximum Gasteiger partial charge on any atom is 0.304 e. The number of anilines is 1. The molecule has 0 atom stereocenters. The van der Waals surface area contributed by atoms with Crippen LogP contribution in [0.15, 0.2) is 47.9 Å². The quantitative estimate of drug-likeness (QED) is 0.513. The van der Waals surface area contributed by atoms with Gasteiger partial charge in [-0.1, -0.05) is 19.2 Å². The van der Waals surface area contributed by atoms with Gasteiger partial charge in [-0.3, -0.25) is 4.79 Å². The average molecular weight is 369 g/mol. The number of hydrogen-bond acceptors (Lipinski definition) is 6. The summed E-state index contributed by atoms with van der Waals surface area (Å²) in [4.78, 5) is 23.4. The number of aliphatic carboxylic acids is 1. The first-order valence-electron chi connectivity index (χ1n) is 8.88. The van der Waals surface area contributed by atoms with Gasteiger partial charge in [0.05, 0.1) is 18.7 Å². The lowest BCUT2D eigenvalue weighted by Gasteiger charge is -2.35. The largest absolute Gasteiger partial charge is 0.481 e. The number of nitrogens with zero attached hydrogens (tertiary/aromatic N) is 2. The molecule has 7 nitrogen and oxygen atoms in total. The van der Waals surface area contributed by atoms with Crippen molar-refractivity contribution in [3.8, 4) is 0 Å². The van der Waals surface area contributed by atoms with Crippen molar-refractivity contribution in [1.29, 1.82) is 0 Å². The van der Waals surface area contributed by atoms with Crippen molar-refractivity contribution in [2.75, 3.05) is 24.7 Å². The fraction of sp³-hybridized carbons (Fsp3) is 0.350. The normalized spacial score (nSPS) is 15.2. The highest BCUT2D eigenvalue weighted by atomic mass is 16.5. The van der Waals surface area contributed by atoms with Gasteiger partial charge in [0.25, 0.3) is 0 Å². The molecule has 142 valence electrons. The summed E-state index contributed by atoms with van der Waals surface area (Å²) in [5, 5.41) is 14.7. The second-order valence-corrected chi connectivity index (χ2v) is 6.66. The van der Waals surface area contributed by atoms with E-state index in [-0.39, 0.29) is 12.1 Å². The molecule has 0 aromatic heterocycles. The Kier molecular flexibility index (Phi) is 5.83. The van der Waals surface area contributed by atoms with E-state index in [9.17, 15) is 9.70 Å². The summed E-state index contributed by atoms with van der Waals surface area (Å²) in [6.07, 6.45) is 3.68. The molecule has 2 heterocycles. The van der Waals surface area contributed by atoms with Gasteiger partial charge in [-0.15, -0.1) is 4.91 Å². The topological polar surface area (TPSA) is 91.2 Å². The van der Waals surface area contributed by atoms with Crippen LogP contribution in [0, 0.1) is 4.91 Å². The van der Waals surface area contributed by atoms with Gasteiger partial charge in [-0.05, 0) is 41.8 Å². The van der Waals surface area contributed by atoms with Crippen LogP contribution in [-0.2, 0) is 22.6 Å². The van der Waals surface area contributed by atoms with Gasteiger partial charge in [0.1, 0.15) is 12.4 Å². The molecule has 7 heteroatoms. The fourth-order valence-electron chi connectivity index (χ4n) is 3.42. The maximum atomic E-state index is 10.9. The van der Waals surface area contributed by atoms with Gasteiger partial charge in [-0.25, -0.2) is 0 Å². The van der Waals surface area contributed by atoms with E-state index in [0.29, 0.717) is 25.5 Å². The molecule has 1 aromatic rings. The van der Waals surface area contributed by atoms with Crippen molar-refractivity contribution < 1.29 is 14.6 Å². The van der Waals surface area contributed by atoms with Gasteiger partial charge in [0, 0.05) is 29.4 Å². The Morgan fingerprint density at radius 2 is 2.19 bits per heavy atom. The molecule has 2 aliphatic heterocycles. The van der Waals surface area contributed by atoms with E-state index in [1.165, 1.54) is 0 Å². The molecule has 0 saturated heterocycles. The first-order chi connectivity index (χ1) is 13.0. The van der Waals surface area contributed by atoms with Crippen LogP contribution in [0.2, 0.25) is 0 Å². The van der Waals surface area contributed by atoms with Crippen LogP contribution >= 0.6 is 0 Å². The van der Waals surface area contributed by atoms with Crippen LogP contribution in [0.5, 0.6) is 0 Å². The van der Waals surface area contributed by atoms with Crippen LogP contribution < -0.4 is 10.2 Å². The van der Waals surface area contributed by atoms with Crippen LogP contribution in [0.4, 0.5) is 5.69 Å². The minimum absolute atomic E-state index is 0.125. The number of nitroso groups, excluding NO2 is 1. The van der Waals surface area contributed by atoms with Crippen LogP contribution in [0.1, 0.15) is 29.5 Å². The summed E-state index contributed by atoms with van der Waals surface area (Å²) in [6, 6.07) is 4.24. The van der Waals surface area contributed by atoms with Crippen LogP contribution in [-0.4, -0.2) is 30.9 Å². The third kappa shape index (κ3) is 4.15. The number of nitrogens with one attached hydrogen (secondary N) is 1. The summed E-state index contributed by atoms with van der Waals surface area (Å²) in [5.74, 6) is -0.797. The van der Waals surface area contributed by atoms with Gasteiger partial charge in [-0.2, -0.15) is 0 Å². The predicted octanol–water partition coefficient (Wildman–Crippen LogP) is 3.17. The van der Waals surface area contributed by atoms with Crippen LogP contribution in [0.25, 0.3) is 5.57 Å². The molecule has 0 aliphatic carbocycles. The first kappa shape index (κ1) is 19.0. The maximum absolute atomic E-state index is 10.9. The molecule has 0 saturated carbocycles. The van der Waals surface area contributed by atoms with Gasteiger partial charge in [0.2, 0.25) is 0 Å². The first-order valence-corrected chi connectivity index (χ1v) is 8.88. The fourth-order valence-corrected chi connectivity index (χ4v) is 3.42. The SMILES string of the molecule is C=C(N=O)C1=CN2COCc3cc(CCCNCCC(=O)O)cc(c32)C1=C. The van der Waals surface area contributed by atoms with E-state index < -0.39 is 5.97 Å². The van der Waals surface area contributed by atoms with Crippen molar-refractivity contribution in [1.82, 2.24) is 5.32 Å². The van der Waals surface area contributed by atoms with E-state index in [0.717, 1.165) is 47.3 Å². The smallest absolute Gasteiger partial charge is 0.304 e. The minimum Gasteiger partial charge on any atom is -0.481 e. The third-order valence-corrected chi connectivity index (χ3v) is 4.71. The molecule has 2 aliphatic rings. The highest BCUT2D eigenvalue weighted by molar-refractivity contribution is 5.93. The average Bonchev–Trinajstić information content (AvgIpc) is 2.66. The number of rotatable bonds is 9. The van der Waals surface area contributed by atoms with Crippen molar-refractivity contribution >= 4 is 17.2 Å². The lowest BCUT2D eigenvalue weighted by molar-refractivity contribution is -0.136. The van der Waals surface area contributed by atoms with E-state index >= 15 is 0 Å². The highest BCUT2D eigenvalue weighted by Gasteiger charge is 2.28. The van der Waals surface area contributed by atoms with Gasteiger partial charge < -0.3 is 20.1 Å². The molecule has 0 fully saturated rings. The Hall–Kier alpha value is -2.77. The van der Waals surface area contributed by atoms with Crippen molar-refractivity contribution in [2.45, 2.75) is 25.9 Å². The Morgan fingerprint density at radius 1 is 1.37 bits per heavy atom. The molecule has 2 N–H and O–H groups in total. The van der Waals surface area contributed by atoms with Gasteiger partial charge in [0.15, 0.2) is 0 Å². The molecule has 3 rings (SSSR count). The third-order valence-electron chi connectivity index (χ3n) is 4.71. The highest BCUT2D eigenvalue weighted by Crippen LogP contribution is 2.43. The summed E-state index contributed by atoms with van der Waals surface area (Å²) in [6.45, 7) is 10.0. The van der Waals surface area contributed by atoms with Crippen molar-refractivity contribution in [3.63, 3.8) is 0 Å². The molecular weight excluding hydrogens is 346 g/mol. The molecule has 27 heavy (non-hydrogen) atoms. The zero-order valence-corrected chi connectivity index (χ0v) is 15.2. The molecule has 0 unspecified atom stereocenters. The van der Waals surface area contributed by atoms with Crippen LogP contribution in [0.3, 0.4) is 0 Å². The zero-order chi connectivity index (χ0) is 19.4. The van der Waals surface area contributed by atoms with Crippen molar-refractivity contribution in [3.05, 3.63) is 64.4 Å². The summed E-state index contributed by atoms with van der Waals surface area (Å²) < 4.78 is 5.67. The Morgan fingerprint density at radius 3 is 2.93 bits per heavy atom. The van der Waals surface area contributed by atoms with E-state index in [1.54, 1.807) is 0 Å². The lowest BCUT2D eigenvalue weighted by Crippen LogP contribution is -2.30. The number of aryl methyl sites for hydroxylation is 1. The number of allylic oxidation sites excluding steroid dienone is 1. The summed E-state index contributed by atoms with van der Waals surface area (Å²) in [7, 11) is 0. The monoisotopic (exact) mass is 369 g/mol. The molecule has 0 spiro atoms. The van der Waals surface area contributed by atoms with E-state index in [2.05, 4.69) is 35.8 Å². The lowest BCUT2D eigenvalue weighted by atomic mass is 9.88. The minimum atomic E-state index is -0.797. The molecule has 0 amide bonds. The molecule has 0 radical (unpaired) electrons. The number of carboxylic acids is 1. The number of hydrogen-bond donors (Lipinski definition) is 2. The number of carboxylic acid groups (broad SMARTS) is 1. The van der Waals surface area contributed by atoms with E-state index in [4.69, 9.17) is 9.84 Å². The standard InChI is InChI=1S/C20H23N3O4/c1-13-17-9-15(4-3-6-21-7-5-19(24)25)8-16-11-27-12-23(20(16)17)10-18(13)14(2)22-26/h8-10,21H,1-7,11-12H2,(H,24,25). The molecule has 0 bridgehead atoms. The molecular formula is C20H23N3O4.